The summed E-state index contributed by atoms with van der Waals surface area (Å²) in [6.07, 6.45) is 0.519. The molecule has 0 spiro atoms. The summed E-state index contributed by atoms with van der Waals surface area (Å²) in [6.45, 7) is 3.38. The first kappa shape index (κ1) is 14.0. The zero-order valence-electron chi connectivity index (χ0n) is 10.5. The fourth-order valence-electron chi connectivity index (χ4n) is 1.88. The third kappa shape index (κ3) is 2.48. The van der Waals surface area contributed by atoms with Gasteiger partial charge < -0.3 is 9.52 Å². The quantitative estimate of drug-likeness (QED) is 0.904. The normalized spacial score (nSPS) is 10.7. The standard InChI is InChI=1S/C14H12Cl2O3/c1-3-9-12(17)7(2)14(18)19-13(9)10-5-4-8(15)6-11(10)16/h4-6,17H,3H2,1-2H3. The van der Waals surface area contributed by atoms with Crippen LogP contribution in [0.5, 0.6) is 5.75 Å². The van der Waals surface area contributed by atoms with Crippen molar-refractivity contribution in [3.63, 3.8) is 0 Å². The maximum atomic E-state index is 11.7. The van der Waals surface area contributed by atoms with Gasteiger partial charge in [-0.1, -0.05) is 30.1 Å². The number of aromatic hydroxyl groups is 1. The zero-order valence-corrected chi connectivity index (χ0v) is 12.0. The van der Waals surface area contributed by atoms with E-state index < -0.39 is 5.63 Å². The number of benzene rings is 1. The van der Waals surface area contributed by atoms with Crippen molar-refractivity contribution >= 4 is 23.2 Å². The molecule has 1 N–H and O–H groups in total. The molecule has 2 rings (SSSR count). The van der Waals surface area contributed by atoms with Gasteiger partial charge in [-0.2, -0.15) is 0 Å². The van der Waals surface area contributed by atoms with Crippen LogP contribution >= 0.6 is 23.2 Å². The lowest BCUT2D eigenvalue weighted by Gasteiger charge is -2.11. The van der Waals surface area contributed by atoms with Crippen LogP contribution < -0.4 is 5.63 Å². The van der Waals surface area contributed by atoms with E-state index in [0.29, 0.717) is 27.6 Å². The van der Waals surface area contributed by atoms with E-state index in [1.165, 1.54) is 6.92 Å². The topological polar surface area (TPSA) is 50.4 Å². The average molecular weight is 299 g/mol. The lowest BCUT2D eigenvalue weighted by atomic mass is 10.0. The summed E-state index contributed by atoms with van der Waals surface area (Å²) in [7, 11) is 0. The minimum Gasteiger partial charge on any atom is -0.507 e. The summed E-state index contributed by atoms with van der Waals surface area (Å²) in [6, 6.07) is 4.88. The molecule has 19 heavy (non-hydrogen) atoms. The molecule has 0 fully saturated rings. The van der Waals surface area contributed by atoms with Gasteiger partial charge in [0.15, 0.2) is 0 Å². The number of halogens is 2. The summed E-state index contributed by atoms with van der Waals surface area (Å²) in [5, 5.41) is 10.9. The minimum absolute atomic E-state index is 0.0419. The summed E-state index contributed by atoms with van der Waals surface area (Å²) >= 11 is 11.9. The van der Waals surface area contributed by atoms with E-state index in [-0.39, 0.29) is 17.1 Å². The lowest BCUT2D eigenvalue weighted by Crippen LogP contribution is -2.07. The fraction of sp³-hybridized carbons (Fsp3) is 0.214. The molecule has 0 unspecified atom stereocenters. The lowest BCUT2D eigenvalue weighted by molar-refractivity contribution is 0.436. The second-order valence-electron chi connectivity index (χ2n) is 4.15. The van der Waals surface area contributed by atoms with Gasteiger partial charge in [0.1, 0.15) is 11.5 Å². The van der Waals surface area contributed by atoms with Crippen LogP contribution in [-0.2, 0) is 6.42 Å². The van der Waals surface area contributed by atoms with Crippen molar-refractivity contribution in [3.05, 3.63) is 49.8 Å². The molecule has 1 aromatic carbocycles. The molecule has 2 aromatic rings. The summed E-state index contributed by atoms with van der Waals surface area (Å²) in [5.74, 6) is 0.247. The van der Waals surface area contributed by atoms with E-state index in [4.69, 9.17) is 27.6 Å². The van der Waals surface area contributed by atoms with Gasteiger partial charge in [0.05, 0.1) is 10.6 Å². The predicted molar refractivity (Wildman–Crippen MR) is 76.2 cm³/mol. The van der Waals surface area contributed by atoms with Crippen LogP contribution in [0.25, 0.3) is 11.3 Å². The van der Waals surface area contributed by atoms with Crippen LogP contribution in [0.1, 0.15) is 18.1 Å². The monoisotopic (exact) mass is 298 g/mol. The Morgan fingerprint density at radius 3 is 2.58 bits per heavy atom. The van der Waals surface area contributed by atoms with Crippen molar-refractivity contribution in [2.45, 2.75) is 20.3 Å². The highest BCUT2D eigenvalue weighted by atomic mass is 35.5. The smallest absolute Gasteiger partial charge is 0.342 e. The van der Waals surface area contributed by atoms with Crippen molar-refractivity contribution in [2.75, 3.05) is 0 Å². The maximum Gasteiger partial charge on any atom is 0.342 e. The molecule has 0 aliphatic rings. The molecule has 3 nitrogen and oxygen atoms in total. The minimum atomic E-state index is -0.573. The molecule has 0 bridgehead atoms. The molecule has 0 amide bonds. The Hall–Kier alpha value is -1.45. The molecule has 0 atom stereocenters. The van der Waals surface area contributed by atoms with E-state index in [1.54, 1.807) is 18.2 Å². The van der Waals surface area contributed by atoms with E-state index in [0.717, 1.165) is 0 Å². The summed E-state index contributed by atoms with van der Waals surface area (Å²) in [4.78, 5) is 11.7. The first-order valence-electron chi connectivity index (χ1n) is 5.76. The molecule has 0 saturated heterocycles. The molecule has 5 heteroatoms. The Bertz CT molecular complexity index is 690. The first-order valence-corrected chi connectivity index (χ1v) is 6.52. The van der Waals surface area contributed by atoms with Crippen LogP contribution in [0.3, 0.4) is 0 Å². The van der Waals surface area contributed by atoms with Gasteiger partial charge in [-0.3, -0.25) is 0 Å². The van der Waals surface area contributed by atoms with Crippen molar-refractivity contribution in [1.29, 1.82) is 0 Å². The molecule has 0 aliphatic heterocycles. The van der Waals surface area contributed by atoms with Crippen LogP contribution in [0, 0.1) is 6.92 Å². The Kier molecular flexibility index (Phi) is 3.88. The van der Waals surface area contributed by atoms with E-state index in [9.17, 15) is 9.90 Å². The number of hydrogen-bond acceptors (Lipinski definition) is 3. The Morgan fingerprint density at radius 1 is 1.32 bits per heavy atom. The molecule has 1 heterocycles. The molecule has 100 valence electrons. The van der Waals surface area contributed by atoms with Crippen molar-refractivity contribution in [2.24, 2.45) is 0 Å². The third-order valence-electron chi connectivity index (χ3n) is 2.95. The third-order valence-corrected chi connectivity index (χ3v) is 3.49. The van der Waals surface area contributed by atoms with Gasteiger partial charge in [-0.05, 0) is 31.5 Å². The highest BCUT2D eigenvalue weighted by Gasteiger charge is 2.18. The van der Waals surface area contributed by atoms with Crippen LogP contribution in [0.15, 0.2) is 27.4 Å². The second-order valence-corrected chi connectivity index (χ2v) is 4.99. The zero-order chi connectivity index (χ0) is 14.2. The second kappa shape index (κ2) is 5.27. The predicted octanol–water partition coefficient (Wildman–Crippen LogP) is 4.19. The molecule has 0 radical (unpaired) electrons. The van der Waals surface area contributed by atoms with Gasteiger partial charge in [0.2, 0.25) is 0 Å². The van der Waals surface area contributed by atoms with Crippen LogP contribution in [0.2, 0.25) is 10.0 Å². The molecular weight excluding hydrogens is 287 g/mol. The molecule has 1 aromatic heterocycles. The van der Waals surface area contributed by atoms with Crippen molar-refractivity contribution < 1.29 is 9.52 Å². The molecule has 0 saturated carbocycles. The fourth-order valence-corrected chi connectivity index (χ4v) is 2.37. The number of rotatable bonds is 2. The Morgan fingerprint density at radius 2 is 2.00 bits per heavy atom. The SMILES string of the molecule is CCc1c(-c2ccc(Cl)cc2Cl)oc(=O)c(C)c1O. The molecule has 0 aliphatic carbocycles. The van der Waals surface area contributed by atoms with Crippen LogP contribution in [-0.4, -0.2) is 5.11 Å². The van der Waals surface area contributed by atoms with Crippen molar-refractivity contribution in [1.82, 2.24) is 0 Å². The van der Waals surface area contributed by atoms with E-state index >= 15 is 0 Å². The summed E-state index contributed by atoms with van der Waals surface area (Å²) in [5.41, 5.74) is 0.720. The van der Waals surface area contributed by atoms with Crippen LogP contribution in [0.4, 0.5) is 0 Å². The van der Waals surface area contributed by atoms with Gasteiger partial charge in [-0.15, -0.1) is 0 Å². The largest absolute Gasteiger partial charge is 0.507 e. The maximum absolute atomic E-state index is 11.7. The van der Waals surface area contributed by atoms with Gasteiger partial charge >= 0.3 is 5.63 Å². The van der Waals surface area contributed by atoms with Crippen molar-refractivity contribution in [3.8, 4) is 17.1 Å². The van der Waals surface area contributed by atoms with Gasteiger partial charge in [-0.25, -0.2) is 4.79 Å². The van der Waals surface area contributed by atoms with E-state index in [1.807, 2.05) is 6.92 Å². The Labute approximate surface area is 120 Å². The highest BCUT2D eigenvalue weighted by molar-refractivity contribution is 6.36. The Balaban J connectivity index is 2.78. The highest BCUT2D eigenvalue weighted by Crippen LogP contribution is 2.36. The number of hydrogen-bond donors (Lipinski definition) is 1. The molecular formula is C14H12Cl2O3. The van der Waals surface area contributed by atoms with Gasteiger partial charge in [0, 0.05) is 16.1 Å². The summed E-state index contributed by atoms with van der Waals surface area (Å²) < 4.78 is 5.27. The first-order chi connectivity index (χ1) is 8.95. The average Bonchev–Trinajstić information content (AvgIpc) is 2.36. The van der Waals surface area contributed by atoms with Gasteiger partial charge in [0.25, 0.3) is 0 Å². The van der Waals surface area contributed by atoms with E-state index in [2.05, 4.69) is 0 Å².